The number of fused-ring (bicyclic) bond motifs is 1. The van der Waals surface area contributed by atoms with Crippen LogP contribution in [0.1, 0.15) is 65.8 Å². The topological polar surface area (TPSA) is 91.1 Å². The van der Waals surface area contributed by atoms with E-state index in [-0.39, 0.29) is 6.09 Å². The van der Waals surface area contributed by atoms with Gasteiger partial charge in [0.1, 0.15) is 17.0 Å². The van der Waals surface area contributed by atoms with E-state index in [2.05, 4.69) is 9.47 Å². The number of carbonyl (C=O) groups is 2. The van der Waals surface area contributed by atoms with Crippen molar-refractivity contribution in [1.29, 1.82) is 0 Å². The lowest BCUT2D eigenvalue weighted by Gasteiger charge is -2.35. The maximum atomic E-state index is 13.7. The van der Waals surface area contributed by atoms with Gasteiger partial charge in [-0.1, -0.05) is 29.3 Å². The van der Waals surface area contributed by atoms with Gasteiger partial charge in [0, 0.05) is 73.5 Å². The Kier molecular flexibility index (Phi) is 11.4. The molecule has 3 heterocycles. The number of halogens is 2. The summed E-state index contributed by atoms with van der Waals surface area (Å²) in [7, 11) is 3.34. The summed E-state index contributed by atoms with van der Waals surface area (Å²) in [4.78, 5) is 30.5. The molecule has 12 heteroatoms. The van der Waals surface area contributed by atoms with E-state index in [1.54, 1.807) is 4.90 Å². The number of hydrogen-bond donors (Lipinski definition) is 0. The number of methoxy groups -OCH3 is 1. The van der Waals surface area contributed by atoms with Gasteiger partial charge in [0.25, 0.3) is 0 Å². The van der Waals surface area contributed by atoms with Crippen LogP contribution in [0.15, 0.2) is 24.3 Å². The van der Waals surface area contributed by atoms with E-state index in [1.165, 1.54) is 7.11 Å². The molecule has 0 spiro atoms. The molecule has 1 saturated heterocycles. The molecule has 10 nitrogen and oxygen atoms in total. The summed E-state index contributed by atoms with van der Waals surface area (Å²) in [6.45, 7) is 17.7. The molecule has 0 aliphatic carbocycles. The first kappa shape index (κ1) is 37.5. The van der Waals surface area contributed by atoms with Crippen LogP contribution in [0.2, 0.25) is 10.0 Å². The third-order valence-corrected chi connectivity index (χ3v) is 10.2. The number of carbonyl (C=O) groups excluding carboxylic acids is 2. The molecule has 2 aromatic carbocycles. The number of piperazine rings is 1. The van der Waals surface area contributed by atoms with E-state index in [0.717, 1.165) is 60.9 Å². The Hall–Kier alpha value is -3.73. The van der Waals surface area contributed by atoms with Gasteiger partial charge in [0.05, 0.1) is 29.9 Å². The zero-order valence-electron chi connectivity index (χ0n) is 30.7. The molecule has 1 aliphatic rings. The molecule has 5 rings (SSSR count). The molecule has 0 saturated carbocycles. The van der Waals surface area contributed by atoms with Gasteiger partial charge in [-0.25, -0.2) is 9.59 Å². The van der Waals surface area contributed by atoms with Crippen molar-refractivity contribution < 1.29 is 23.8 Å². The van der Waals surface area contributed by atoms with Crippen LogP contribution < -0.4 is 4.74 Å². The van der Waals surface area contributed by atoms with E-state index in [9.17, 15) is 9.59 Å². The van der Waals surface area contributed by atoms with Crippen molar-refractivity contribution in [3.05, 3.63) is 68.1 Å². The third-order valence-electron chi connectivity index (χ3n) is 9.33. The molecule has 50 heavy (non-hydrogen) atoms. The lowest BCUT2D eigenvalue weighted by Crippen LogP contribution is -2.50. The lowest BCUT2D eigenvalue weighted by molar-refractivity contribution is 0.0142. The summed E-state index contributed by atoms with van der Waals surface area (Å²) in [5.74, 6) is 0.362. The molecule has 0 radical (unpaired) electrons. The zero-order valence-corrected chi connectivity index (χ0v) is 32.2. The summed E-state index contributed by atoms with van der Waals surface area (Å²) < 4.78 is 21.1. The Morgan fingerprint density at radius 3 is 2.18 bits per heavy atom. The van der Waals surface area contributed by atoms with Gasteiger partial charge in [-0.2, -0.15) is 5.10 Å². The summed E-state index contributed by atoms with van der Waals surface area (Å²) in [5, 5.41) is 6.97. The minimum atomic E-state index is -0.546. The first-order valence-electron chi connectivity index (χ1n) is 17.1. The standard InChI is InChI=1S/C38H49Cl2N5O5/c1-23-21-27(22-24(2)33(23)40)49-20-10-11-28-29-12-13-30(39)32(31-25(3)41-42(8)26(31)4)34(29)45(35(28)36(46)48-9)19-16-43-14-17-44(18-15-43)37(47)50-38(5,6)7/h12-13,21-22H,10-11,14-20H2,1-9H3. The third kappa shape index (κ3) is 7.92. The average Bonchev–Trinajstić information content (AvgIpc) is 3.50. The molecule has 0 unspecified atom stereocenters. The first-order chi connectivity index (χ1) is 23.6. The predicted octanol–water partition coefficient (Wildman–Crippen LogP) is 7.93. The highest BCUT2D eigenvalue weighted by Gasteiger charge is 2.30. The monoisotopic (exact) mass is 725 g/mol. The molecular weight excluding hydrogens is 677 g/mol. The Bertz CT molecular complexity index is 1880. The fraction of sp³-hybridized carbons (Fsp3) is 0.500. The second-order valence-electron chi connectivity index (χ2n) is 14.1. The number of hydrogen-bond acceptors (Lipinski definition) is 7. The number of amides is 1. The number of benzene rings is 2. The molecule has 1 amide bonds. The van der Waals surface area contributed by atoms with Crippen LogP contribution in [0, 0.1) is 27.7 Å². The Morgan fingerprint density at radius 2 is 1.60 bits per heavy atom. The van der Waals surface area contributed by atoms with E-state index >= 15 is 0 Å². The maximum Gasteiger partial charge on any atom is 0.410 e. The summed E-state index contributed by atoms with van der Waals surface area (Å²) >= 11 is 13.4. The van der Waals surface area contributed by atoms with Crippen molar-refractivity contribution in [2.24, 2.45) is 7.05 Å². The second kappa shape index (κ2) is 15.3. The quantitative estimate of drug-likeness (QED) is 0.121. The first-order valence-corrected chi connectivity index (χ1v) is 17.9. The van der Waals surface area contributed by atoms with Crippen LogP contribution in [0.25, 0.3) is 22.0 Å². The Labute approximate surface area is 305 Å². The highest BCUT2D eigenvalue weighted by atomic mass is 35.5. The smallest absolute Gasteiger partial charge is 0.410 e. The van der Waals surface area contributed by atoms with Crippen LogP contribution in [-0.4, -0.2) is 88.3 Å². The molecule has 4 aromatic rings. The number of esters is 1. The molecule has 270 valence electrons. The van der Waals surface area contributed by atoms with Crippen molar-refractivity contribution in [2.75, 3.05) is 46.4 Å². The number of nitrogens with zero attached hydrogens (tertiary/aromatic N) is 5. The van der Waals surface area contributed by atoms with Crippen molar-refractivity contribution in [2.45, 2.75) is 73.5 Å². The van der Waals surface area contributed by atoms with Gasteiger partial charge in [-0.05, 0) is 96.2 Å². The maximum absolute atomic E-state index is 13.7. The van der Waals surface area contributed by atoms with E-state index in [0.29, 0.717) is 69.4 Å². The largest absolute Gasteiger partial charge is 0.494 e. The van der Waals surface area contributed by atoms with E-state index < -0.39 is 11.6 Å². The van der Waals surface area contributed by atoms with Crippen LogP contribution in [0.3, 0.4) is 0 Å². The number of aromatic nitrogens is 3. The zero-order chi connectivity index (χ0) is 36.5. The fourth-order valence-electron chi connectivity index (χ4n) is 6.82. The molecule has 0 N–H and O–H groups in total. The minimum absolute atomic E-state index is 0.294. The van der Waals surface area contributed by atoms with Gasteiger partial charge < -0.3 is 23.7 Å². The summed E-state index contributed by atoms with van der Waals surface area (Å²) in [5.41, 5.74) is 7.30. The second-order valence-corrected chi connectivity index (χ2v) is 14.9. The van der Waals surface area contributed by atoms with Gasteiger partial charge in [-0.15, -0.1) is 0 Å². The predicted molar refractivity (Wildman–Crippen MR) is 199 cm³/mol. The van der Waals surface area contributed by atoms with E-state index in [4.69, 9.17) is 42.5 Å². The fourth-order valence-corrected chi connectivity index (χ4v) is 7.18. The minimum Gasteiger partial charge on any atom is -0.494 e. The van der Waals surface area contributed by atoms with Crippen LogP contribution in [0.4, 0.5) is 4.79 Å². The number of ether oxygens (including phenoxy) is 3. The summed E-state index contributed by atoms with van der Waals surface area (Å²) in [6.07, 6.45) is 0.956. The highest BCUT2D eigenvalue weighted by Crippen LogP contribution is 2.42. The van der Waals surface area contributed by atoms with Crippen LogP contribution >= 0.6 is 23.2 Å². The van der Waals surface area contributed by atoms with Crippen molar-refractivity contribution in [3.63, 3.8) is 0 Å². The van der Waals surface area contributed by atoms with Gasteiger partial charge in [0.2, 0.25) is 0 Å². The highest BCUT2D eigenvalue weighted by molar-refractivity contribution is 6.35. The summed E-state index contributed by atoms with van der Waals surface area (Å²) in [6, 6.07) is 7.81. The molecule has 1 fully saturated rings. The average molecular weight is 727 g/mol. The van der Waals surface area contributed by atoms with E-state index in [1.807, 2.05) is 84.5 Å². The van der Waals surface area contributed by atoms with Crippen molar-refractivity contribution in [3.8, 4) is 16.9 Å². The normalized spacial score (nSPS) is 14.0. The lowest BCUT2D eigenvalue weighted by atomic mass is 9.98. The van der Waals surface area contributed by atoms with Crippen molar-refractivity contribution in [1.82, 2.24) is 24.1 Å². The number of rotatable bonds is 10. The molecule has 0 bridgehead atoms. The number of aryl methyl sites for hydroxylation is 5. The molecule has 2 aromatic heterocycles. The van der Waals surface area contributed by atoms with Gasteiger partial charge in [-0.3, -0.25) is 9.58 Å². The molecular formula is C38H49Cl2N5O5. The molecule has 0 atom stereocenters. The van der Waals surface area contributed by atoms with Crippen LogP contribution in [-0.2, 0) is 29.5 Å². The molecule has 1 aliphatic heterocycles. The van der Waals surface area contributed by atoms with Gasteiger partial charge >= 0.3 is 12.1 Å². The van der Waals surface area contributed by atoms with Crippen molar-refractivity contribution >= 4 is 46.2 Å². The SMILES string of the molecule is COC(=O)c1c(CCCOc2cc(C)c(Cl)c(C)c2)c2ccc(Cl)c(-c3c(C)nn(C)c3C)c2n1CCN1CCN(C(=O)OC(C)(C)C)CC1. The Balaban J connectivity index is 1.50. The van der Waals surface area contributed by atoms with Crippen LogP contribution in [0.5, 0.6) is 5.75 Å². The van der Waals surface area contributed by atoms with Gasteiger partial charge in [0.15, 0.2) is 0 Å². The Morgan fingerprint density at radius 1 is 0.940 bits per heavy atom.